The van der Waals surface area contributed by atoms with Crippen LogP contribution < -0.4 is 9.64 Å². The molecule has 1 saturated heterocycles. The number of rotatable bonds is 4. The third-order valence-electron chi connectivity index (χ3n) is 3.19. The summed E-state index contributed by atoms with van der Waals surface area (Å²) < 4.78 is 5.05. The molecule has 0 N–H and O–H groups in total. The van der Waals surface area contributed by atoms with E-state index in [9.17, 15) is 9.59 Å². The van der Waals surface area contributed by atoms with E-state index in [0.717, 1.165) is 17.7 Å². The molecule has 1 aromatic rings. The molecule has 1 fully saturated rings. The van der Waals surface area contributed by atoms with Crippen LogP contribution in [0.15, 0.2) is 24.3 Å². The maximum atomic E-state index is 11.9. The molecule has 4 heteroatoms. The van der Waals surface area contributed by atoms with Gasteiger partial charge in [-0.05, 0) is 30.7 Å². The Labute approximate surface area is 100 Å². The van der Waals surface area contributed by atoms with Gasteiger partial charge in [0.25, 0.3) is 0 Å². The Morgan fingerprint density at radius 2 is 2.00 bits per heavy atom. The van der Waals surface area contributed by atoms with Gasteiger partial charge >= 0.3 is 0 Å². The molecule has 1 amide bonds. The molecule has 0 aliphatic carbocycles. The van der Waals surface area contributed by atoms with E-state index in [-0.39, 0.29) is 17.9 Å². The lowest BCUT2D eigenvalue weighted by Crippen LogP contribution is -2.62. The Morgan fingerprint density at radius 1 is 1.35 bits per heavy atom. The Morgan fingerprint density at radius 3 is 2.47 bits per heavy atom. The van der Waals surface area contributed by atoms with Crippen molar-refractivity contribution < 1.29 is 14.3 Å². The SMILES string of the molecule is CCC1C(=O)N(c2ccc(OC)cc2)C1C=O. The van der Waals surface area contributed by atoms with Gasteiger partial charge in [0, 0.05) is 5.69 Å². The van der Waals surface area contributed by atoms with Crippen molar-refractivity contribution >= 4 is 17.9 Å². The first kappa shape index (κ1) is 11.6. The van der Waals surface area contributed by atoms with E-state index in [1.807, 2.05) is 6.92 Å². The molecule has 0 aromatic heterocycles. The van der Waals surface area contributed by atoms with Gasteiger partial charge in [-0.15, -0.1) is 0 Å². The Balaban J connectivity index is 2.22. The van der Waals surface area contributed by atoms with Crippen LogP contribution in [-0.4, -0.2) is 25.3 Å². The van der Waals surface area contributed by atoms with E-state index >= 15 is 0 Å². The van der Waals surface area contributed by atoms with Crippen molar-refractivity contribution in [1.29, 1.82) is 0 Å². The third kappa shape index (κ3) is 1.79. The highest BCUT2D eigenvalue weighted by Gasteiger charge is 2.46. The van der Waals surface area contributed by atoms with Crippen LogP contribution in [0, 0.1) is 5.92 Å². The van der Waals surface area contributed by atoms with Crippen LogP contribution in [0.4, 0.5) is 5.69 Å². The minimum Gasteiger partial charge on any atom is -0.497 e. The van der Waals surface area contributed by atoms with Gasteiger partial charge in [-0.3, -0.25) is 4.79 Å². The quantitative estimate of drug-likeness (QED) is 0.586. The highest BCUT2D eigenvalue weighted by atomic mass is 16.5. The van der Waals surface area contributed by atoms with E-state index in [0.29, 0.717) is 6.42 Å². The molecule has 0 radical (unpaired) electrons. The number of amides is 1. The van der Waals surface area contributed by atoms with Crippen LogP contribution in [0.3, 0.4) is 0 Å². The first-order valence-electron chi connectivity index (χ1n) is 5.65. The van der Waals surface area contributed by atoms with Gasteiger partial charge in [0.1, 0.15) is 18.1 Å². The number of carbonyl (C=O) groups excluding carboxylic acids is 2. The minimum atomic E-state index is -0.319. The molecule has 90 valence electrons. The number of hydrogen-bond acceptors (Lipinski definition) is 3. The summed E-state index contributed by atoms with van der Waals surface area (Å²) in [5.74, 6) is 0.598. The van der Waals surface area contributed by atoms with Crippen molar-refractivity contribution in [2.75, 3.05) is 12.0 Å². The molecular weight excluding hydrogens is 218 g/mol. The Hall–Kier alpha value is -1.84. The van der Waals surface area contributed by atoms with Crippen LogP contribution in [0.2, 0.25) is 0 Å². The first-order chi connectivity index (χ1) is 8.22. The summed E-state index contributed by atoms with van der Waals surface area (Å²) in [4.78, 5) is 24.4. The highest BCUT2D eigenvalue weighted by molar-refractivity contribution is 6.08. The number of nitrogens with zero attached hydrogens (tertiary/aromatic N) is 1. The molecule has 2 unspecified atom stereocenters. The number of carbonyl (C=O) groups is 2. The van der Waals surface area contributed by atoms with Crippen molar-refractivity contribution in [3.8, 4) is 5.75 Å². The number of hydrogen-bond donors (Lipinski definition) is 0. The molecule has 1 aromatic carbocycles. The minimum absolute atomic E-state index is 0.0229. The second kappa shape index (κ2) is 4.57. The number of aldehydes is 1. The first-order valence-corrected chi connectivity index (χ1v) is 5.65. The molecule has 17 heavy (non-hydrogen) atoms. The average molecular weight is 233 g/mol. The van der Waals surface area contributed by atoms with Gasteiger partial charge in [-0.25, -0.2) is 0 Å². The zero-order valence-electron chi connectivity index (χ0n) is 9.92. The van der Waals surface area contributed by atoms with Crippen molar-refractivity contribution in [2.45, 2.75) is 19.4 Å². The highest BCUT2D eigenvalue weighted by Crippen LogP contribution is 2.34. The number of β-lactam (4-membered cyclic amide) rings is 1. The van der Waals surface area contributed by atoms with Gasteiger partial charge in [0.15, 0.2) is 0 Å². The lowest BCUT2D eigenvalue weighted by molar-refractivity contribution is -0.134. The van der Waals surface area contributed by atoms with Gasteiger partial charge in [-0.2, -0.15) is 0 Å². The second-order valence-corrected chi connectivity index (χ2v) is 4.05. The molecule has 2 atom stereocenters. The lowest BCUT2D eigenvalue weighted by Gasteiger charge is -2.43. The summed E-state index contributed by atoms with van der Waals surface area (Å²) in [7, 11) is 1.59. The van der Waals surface area contributed by atoms with Crippen LogP contribution in [-0.2, 0) is 9.59 Å². The van der Waals surface area contributed by atoms with Crippen LogP contribution in [0.5, 0.6) is 5.75 Å². The predicted octanol–water partition coefficient (Wildman–Crippen LogP) is 1.64. The van der Waals surface area contributed by atoms with Gasteiger partial charge in [0.05, 0.1) is 13.0 Å². The smallest absolute Gasteiger partial charge is 0.233 e. The monoisotopic (exact) mass is 233 g/mol. The summed E-state index contributed by atoms with van der Waals surface area (Å²) in [6, 6.07) is 6.83. The molecule has 1 heterocycles. The topological polar surface area (TPSA) is 46.6 Å². The number of benzene rings is 1. The van der Waals surface area contributed by atoms with Crippen molar-refractivity contribution in [3.63, 3.8) is 0 Å². The van der Waals surface area contributed by atoms with Gasteiger partial charge in [0.2, 0.25) is 5.91 Å². The number of methoxy groups -OCH3 is 1. The zero-order valence-corrected chi connectivity index (χ0v) is 9.92. The van der Waals surface area contributed by atoms with Crippen molar-refractivity contribution in [1.82, 2.24) is 0 Å². The molecule has 1 aliphatic rings. The Kier molecular flexibility index (Phi) is 3.13. The van der Waals surface area contributed by atoms with E-state index < -0.39 is 0 Å². The van der Waals surface area contributed by atoms with E-state index in [4.69, 9.17) is 4.74 Å². The maximum Gasteiger partial charge on any atom is 0.233 e. The summed E-state index contributed by atoms with van der Waals surface area (Å²) >= 11 is 0. The molecular formula is C13H15NO3. The van der Waals surface area contributed by atoms with Crippen molar-refractivity contribution in [2.24, 2.45) is 5.92 Å². The maximum absolute atomic E-state index is 11.9. The number of ether oxygens (including phenoxy) is 1. The van der Waals surface area contributed by atoms with E-state index in [1.165, 1.54) is 0 Å². The summed E-state index contributed by atoms with van der Waals surface area (Å²) in [5.41, 5.74) is 0.748. The van der Waals surface area contributed by atoms with Crippen molar-refractivity contribution in [3.05, 3.63) is 24.3 Å². The molecule has 0 spiro atoms. The Bertz CT molecular complexity index is 427. The van der Waals surface area contributed by atoms with Crippen LogP contribution in [0.25, 0.3) is 0 Å². The fourth-order valence-corrected chi connectivity index (χ4v) is 2.18. The summed E-state index contributed by atoms with van der Waals surface area (Å²) in [6.07, 6.45) is 1.55. The molecule has 0 bridgehead atoms. The second-order valence-electron chi connectivity index (χ2n) is 4.05. The lowest BCUT2D eigenvalue weighted by atomic mass is 9.85. The zero-order chi connectivity index (χ0) is 12.4. The summed E-state index contributed by atoms with van der Waals surface area (Å²) in [5, 5.41) is 0. The van der Waals surface area contributed by atoms with E-state index in [2.05, 4.69) is 0 Å². The van der Waals surface area contributed by atoms with Crippen LogP contribution >= 0.6 is 0 Å². The molecule has 1 aliphatic heterocycles. The third-order valence-corrected chi connectivity index (χ3v) is 3.19. The fraction of sp³-hybridized carbons (Fsp3) is 0.385. The average Bonchev–Trinajstić information content (AvgIpc) is 2.37. The fourth-order valence-electron chi connectivity index (χ4n) is 2.18. The van der Waals surface area contributed by atoms with Gasteiger partial charge in [-0.1, -0.05) is 6.92 Å². The number of anilines is 1. The normalized spacial score (nSPS) is 23.2. The van der Waals surface area contributed by atoms with Crippen LogP contribution in [0.1, 0.15) is 13.3 Å². The summed E-state index contributed by atoms with van der Waals surface area (Å²) in [6.45, 7) is 1.92. The standard InChI is InChI=1S/C13H15NO3/c1-3-11-12(8-15)14(13(11)16)9-4-6-10(17-2)7-5-9/h4-8,11-12H,3H2,1-2H3. The molecule has 4 nitrogen and oxygen atoms in total. The largest absolute Gasteiger partial charge is 0.497 e. The molecule has 0 saturated carbocycles. The van der Waals surface area contributed by atoms with E-state index in [1.54, 1.807) is 36.3 Å². The molecule has 2 rings (SSSR count). The van der Waals surface area contributed by atoms with Gasteiger partial charge < -0.3 is 14.4 Å². The predicted molar refractivity (Wildman–Crippen MR) is 64.1 cm³/mol.